The molecule has 1 rings (SSSR count). The molecule has 0 spiro atoms. The van der Waals surface area contributed by atoms with Crippen molar-refractivity contribution < 1.29 is 0 Å². The van der Waals surface area contributed by atoms with Gasteiger partial charge in [0, 0.05) is 0 Å². The van der Waals surface area contributed by atoms with E-state index in [1.54, 1.807) is 0 Å². The summed E-state index contributed by atoms with van der Waals surface area (Å²) in [6, 6.07) is 10.7. The van der Waals surface area contributed by atoms with E-state index in [0.717, 1.165) is 5.25 Å². The van der Waals surface area contributed by atoms with Crippen molar-refractivity contribution in [2.45, 2.75) is 25.5 Å². The molecule has 0 nitrogen and oxygen atoms in total. The van der Waals surface area contributed by atoms with Gasteiger partial charge in [0.05, 0.1) is 0 Å². The summed E-state index contributed by atoms with van der Waals surface area (Å²) in [5.41, 5.74) is 1.45. The van der Waals surface area contributed by atoms with Crippen molar-refractivity contribution in [2.24, 2.45) is 0 Å². The van der Waals surface area contributed by atoms with Gasteiger partial charge in [-0.15, -0.1) is 0 Å². The van der Waals surface area contributed by atoms with Crippen LogP contribution < -0.4 is 0 Å². The summed E-state index contributed by atoms with van der Waals surface area (Å²) in [6.07, 6.45) is 1.20. The molecule has 1 aromatic rings. The Hall–Kier alpha value is -0.430. The van der Waals surface area contributed by atoms with E-state index < -0.39 is 0 Å². The quantitative estimate of drug-likeness (QED) is 0.684. The molecule has 0 aliphatic rings. The first-order chi connectivity index (χ1) is 5.79. The molecule has 0 amide bonds. The molecular weight excluding hydrogens is 164 g/mol. The van der Waals surface area contributed by atoms with Gasteiger partial charge in [-0.3, -0.25) is 0 Å². The lowest BCUT2D eigenvalue weighted by Gasteiger charge is -2.03. The van der Waals surface area contributed by atoms with Crippen molar-refractivity contribution in [1.82, 2.24) is 0 Å². The van der Waals surface area contributed by atoms with Gasteiger partial charge in [0.1, 0.15) is 0 Å². The van der Waals surface area contributed by atoms with E-state index in [9.17, 15) is 0 Å². The molecule has 0 fully saturated rings. The minimum Gasteiger partial charge on any atom is -0.159 e. The number of hydrogen-bond acceptors (Lipinski definition) is 1. The highest BCUT2D eigenvalue weighted by Crippen LogP contribution is 2.11. The lowest BCUT2D eigenvalue weighted by atomic mass is 10.2. The average Bonchev–Trinajstić information content (AvgIpc) is 2.05. The maximum absolute atomic E-state index is 2.25. The summed E-state index contributed by atoms with van der Waals surface area (Å²) in [5.74, 6) is 1.24. The van der Waals surface area contributed by atoms with Crippen molar-refractivity contribution in [3.8, 4) is 0 Å². The molecule has 0 atom stereocenters. The van der Waals surface area contributed by atoms with Crippen LogP contribution >= 0.6 is 11.8 Å². The van der Waals surface area contributed by atoms with Crippen molar-refractivity contribution >= 4 is 11.8 Å². The molecule has 0 aromatic heterocycles. The van der Waals surface area contributed by atoms with E-state index in [2.05, 4.69) is 44.2 Å². The van der Waals surface area contributed by atoms with Crippen molar-refractivity contribution in [1.29, 1.82) is 0 Å². The van der Waals surface area contributed by atoms with Crippen molar-refractivity contribution in [2.75, 3.05) is 5.75 Å². The van der Waals surface area contributed by atoms with E-state index in [4.69, 9.17) is 0 Å². The standard InChI is InChI=1S/C11H16S/c1-10(2)12-9-8-11-6-4-3-5-7-11/h3-7,10H,8-9H2,1-2H3. The Labute approximate surface area is 79.4 Å². The highest BCUT2D eigenvalue weighted by molar-refractivity contribution is 7.99. The molecule has 0 aliphatic heterocycles. The summed E-state index contributed by atoms with van der Waals surface area (Å²) >= 11 is 2.03. The van der Waals surface area contributed by atoms with Gasteiger partial charge in [-0.25, -0.2) is 0 Å². The first-order valence-corrected chi connectivity index (χ1v) is 5.49. The van der Waals surface area contributed by atoms with E-state index in [0.29, 0.717) is 0 Å². The largest absolute Gasteiger partial charge is 0.159 e. The fourth-order valence-electron chi connectivity index (χ4n) is 1.06. The maximum Gasteiger partial charge on any atom is -0.000957 e. The van der Waals surface area contributed by atoms with E-state index in [-0.39, 0.29) is 0 Å². The molecule has 0 N–H and O–H groups in total. The second-order valence-electron chi connectivity index (χ2n) is 3.16. The number of benzene rings is 1. The van der Waals surface area contributed by atoms with Gasteiger partial charge in [-0.1, -0.05) is 44.2 Å². The minimum absolute atomic E-state index is 0.758. The van der Waals surface area contributed by atoms with E-state index in [1.807, 2.05) is 11.8 Å². The highest BCUT2D eigenvalue weighted by Gasteiger charge is 1.94. The van der Waals surface area contributed by atoms with Crippen LogP contribution in [0.15, 0.2) is 30.3 Å². The average molecular weight is 180 g/mol. The first kappa shape index (κ1) is 9.66. The second kappa shape index (κ2) is 5.26. The van der Waals surface area contributed by atoms with Gasteiger partial charge in [-0.2, -0.15) is 11.8 Å². The van der Waals surface area contributed by atoms with Gasteiger partial charge in [-0.05, 0) is 23.0 Å². The van der Waals surface area contributed by atoms with Gasteiger partial charge in [0.15, 0.2) is 0 Å². The predicted octanol–water partition coefficient (Wildman–Crippen LogP) is 3.37. The maximum atomic E-state index is 2.25. The Morgan fingerprint density at radius 1 is 1.17 bits per heavy atom. The molecule has 0 heterocycles. The SMILES string of the molecule is CC(C)SCCc1ccccc1. The molecule has 1 heteroatoms. The Bertz CT molecular complexity index is 204. The summed E-state index contributed by atoms with van der Waals surface area (Å²) in [7, 11) is 0. The van der Waals surface area contributed by atoms with Crippen LogP contribution in [0, 0.1) is 0 Å². The number of hydrogen-bond donors (Lipinski definition) is 0. The van der Waals surface area contributed by atoms with Gasteiger partial charge in [0.25, 0.3) is 0 Å². The van der Waals surface area contributed by atoms with Crippen LogP contribution in [-0.4, -0.2) is 11.0 Å². The Morgan fingerprint density at radius 2 is 1.83 bits per heavy atom. The molecule has 0 unspecified atom stereocenters. The first-order valence-electron chi connectivity index (χ1n) is 4.44. The Kier molecular flexibility index (Phi) is 4.23. The molecule has 12 heavy (non-hydrogen) atoms. The van der Waals surface area contributed by atoms with Crippen LogP contribution in [0.25, 0.3) is 0 Å². The Morgan fingerprint density at radius 3 is 2.42 bits per heavy atom. The van der Waals surface area contributed by atoms with E-state index >= 15 is 0 Å². The summed E-state index contributed by atoms with van der Waals surface area (Å²) in [5, 5.41) is 0.758. The summed E-state index contributed by atoms with van der Waals surface area (Å²) < 4.78 is 0. The lowest BCUT2D eigenvalue weighted by Crippen LogP contribution is -1.93. The molecule has 0 bridgehead atoms. The zero-order valence-electron chi connectivity index (χ0n) is 7.79. The summed E-state index contributed by atoms with van der Waals surface area (Å²) in [4.78, 5) is 0. The molecule has 1 aromatic carbocycles. The van der Waals surface area contributed by atoms with E-state index in [1.165, 1.54) is 17.7 Å². The van der Waals surface area contributed by atoms with Gasteiger partial charge in [0.2, 0.25) is 0 Å². The Balaban J connectivity index is 2.25. The summed E-state index contributed by atoms with van der Waals surface area (Å²) in [6.45, 7) is 4.49. The number of aryl methyl sites for hydroxylation is 1. The third kappa shape index (κ3) is 3.82. The minimum atomic E-state index is 0.758. The molecule has 0 radical (unpaired) electrons. The van der Waals surface area contributed by atoms with Crippen LogP contribution in [0.1, 0.15) is 19.4 Å². The molecule has 66 valence electrons. The van der Waals surface area contributed by atoms with Gasteiger partial charge >= 0.3 is 0 Å². The van der Waals surface area contributed by atoms with Crippen LogP contribution in [0.2, 0.25) is 0 Å². The fourth-order valence-corrected chi connectivity index (χ4v) is 1.88. The lowest BCUT2D eigenvalue weighted by molar-refractivity contribution is 1.09. The molecule has 0 saturated heterocycles. The topological polar surface area (TPSA) is 0 Å². The van der Waals surface area contributed by atoms with Crippen LogP contribution in [0.5, 0.6) is 0 Å². The van der Waals surface area contributed by atoms with Gasteiger partial charge < -0.3 is 0 Å². The highest BCUT2D eigenvalue weighted by atomic mass is 32.2. The monoisotopic (exact) mass is 180 g/mol. The fraction of sp³-hybridized carbons (Fsp3) is 0.455. The smallest absolute Gasteiger partial charge is 0.000957 e. The number of rotatable bonds is 4. The zero-order chi connectivity index (χ0) is 8.81. The molecule has 0 saturated carbocycles. The molecular formula is C11H16S. The third-order valence-electron chi connectivity index (χ3n) is 1.68. The van der Waals surface area contributed by atoms with Crippen LogP contribution in [-0.2, 0) is 6.42 Å². The second-order valence-corrected chi connectivity index (χ2v) is 4.84. The van der Waals surface area contributed by atoms with Crippen molar-refractivity contribution in [3.05, 3.63) is 35.9 Å². The van der Waals surface area contributed by atoms with Crippen LogP contribution in [0.4, 0.5) is 0 Å². The normalized spacial score (nSPS) is 10.6. The molecule has 0 aliphatic carbocycles. The van der Waals surface area contributed by atoms with Crippen LogP contribution in [0.3, 0.4) is 0 Å². The predicted molar refractivity (Wildman–Crippen MR) is 57.7 cm³/mol. The third-order valence-corrected chi connectivity index (χ3v) is 2.79. The number of thioether (sulfide) groups is 1. The zero-order valence-corrected chi connectivity index (χ0v) is 8.60. The van der Waals surface area contributed by atoms with Crippen molar-refractivity contribution in [3.63, 3.8) is 0 Å².